The normalized spacial score (nSPS) is 16.3. The lowest BCUT2D eigenvalue weighted by atomic mass is 10.00. The predicted octanol–water partition coefficient (Wildman–Crippen LogP) is -4.50. The van der Waals surface area contributed by atoms with Gasteiger partial charge in [0.05, 0.1) is 25.3 Å². The van der Waals surface area contributed by atoms with Crippen LogP contribution in [0.4, 0.5) is 0 Å². The molecule has 0 radical (unpaired) electrons. The number of hydrogen-bond acceptors (Lipinski definition) is 14. The quantitative estimate of drug-likeness (QED) is 0.0346. The standard InChI is InChI=1S/C42H67N13O14/c1-20(2)13-26(39(65)54-29(42(68)69)14-21(3)4)51-40(66)27(15-23-17-46-19-48-23)53-41(67)30-7-6-12-55(30)33(58)18-47-37(63)28(16-32(45)57)52-38(64)25(9-11-34(59)60)50-35(61)22(5)49-36(62)24(43)8-10-31(44)56/h17,19-22,24-30H,6-16,18,43H2,1-5H3,(H2,44,56)(H2,45,57)(H,46,48)(H,47,63)(H,49,62)(H,50,61)(H,51,66)(H,52,64)(H,53,67)(H,54,65)(H,59,60)(H,68,69)/t22-,24-,25-,26-,27-,28-,29-,30-/m0/s1. The molecule has 10 amide bonds. The Balaban J connectivity index is 2.20. The summed E-state index contributed by atoms with van der Waals surface area (Å²) in [7, 11) is 0. The first-order valence-corrected chi connectivity index (χ1v) is 22.4. The van der Waals surface area contributed by atoms with E-state index < -0.39 is 145 Å². The van der Waals surface area contributed by atoms with Crippen molar-refractivity contribution in [3.8, 4) is 0 Å². The van der Waals surface area contributed by atoms with Crippen molar-refractivity contribution in [3.05, 3.63) is 18.2 Å². The van der Waals surface area contributed by atoms with Gasteiger partial charge in [0.15, 0.2) is 0 Å². The minimum absolute atomic E-state index is 0.0482. The summed E-state index contributed by atoms with van der Waals surface area (Å²) >= 11 is 0. The fourth-order valence-electron chi connectivity index (χ4n) is 7.09. The molecule has 8 atom stereocenters. The highest BCUT2D eigenvalue weighted by Crippen LogP contribution is 2.18. The molecule has 384 valence electrons. The molecule has 69 heavy (non-hydrogen) atoms. The summed E-state index contributed by atoms with van der Waals surface area (Å²) in [5.74, 6) is -11.7. The van der Waals surface area contributed by atoms with Crippen molar-refractivity contribution in [2.24, 2.45) is 29.0 Å². The summed E-state index contributed by atoms with van der Waals surface area (Å²) in [4.78, 5) is 161. The van der Waals surface area contributed by atoms with E-state index in [9.17, 15) is 67.7 Å². The smallest absolute Gasteiger partial charge is 0.326 e. The number of nitrogens with one attached hydrogen (secondary N) is 8. The van der Waals surface area contributed by atoms with Gasteiger partial charge in [-0.05, 0) is 57.3 Å². The Kier molecular flexibility index (Phi) is 23.7. The van der Waals surface area contributed by atoms with E-state index in [0.717, 1.165) is 4.90 Å². The minimum atomic E-state index is -1.75. The Morgan fingerprint density at radius 1 is 0.696 bits per heavy atom. The number of nitrogens with zero attached hydrogens (tertiary/aromatic N) is 2. The van der Waals surface area contributed by atoms with Crippen LogP contribution in [-0.2, 0) is 64.0 Å². The summed E-state index contributed by atoms with van der Waals surface area (Å²) in [5, 5.41) is 35.9. The first-order valence-electron chi connectivity index (χ1n) is 22.4. The van der Waals surface area contributed by atoms with E-state index in [1.807, 2.05) is 0 Å². The molecule has 1 aliphatic heterocycles. The molecule has 0 unspecified atom stereocenters. The number of amides is 10. The average Bonchev–Trinajstić information content (AvgIpc) is 3.97. The molecule has 27 nitrogen and oxygen atoms in total. The van der Waals surface area contributed by atoms with Crippen LogP contribution in [0.2, 0.25) is 0 Å². The monoisotopic (exact) mass is 977 g/mol. The summed E-state index contributed by atoms with van der Waals surface area (Å²) in [6.45, 7) is 7.70. The number of H-pyrrole nitrogens is 1. The van der Waals surface area contributed by atoms with Gasteiger partial charge in [-0.2, -0.15) is 0 Å². The molecule has 2 rings (SSSR count). The van der Waals surface area contributed by atoms with Crippen LogP contribution in [0.5, 0.6) is 0 Å². The van der Waals surface area contributed by atoms with Gasteiger partial charge in [0, 0.05) is 37.7 Å². The van der Waals surface area contributed by atoms with E-state index in [4.69, 9.17) is 17.2 Å². The Morgan fingerprint density at radius 3 is 1.84 bits per heavy atom. The Hall–Kier alpha value is -7.19. The first kappa shape index (κ1) is 57.9. The molecule has 27 heteroatoms. The van der Waals surface area contributed by atoms with E-state index in [-0.39, 0.29) is 56.9 Å². The largest absolute Gasteiger partial charge is 0.481 e. The fraction of sp³-hybridized carbons (Fsp3) is 0.643. The van der Waals surface area contributed by atoms with E-state index >= 15 is 0 Å². The molecule has 1 aromatic rings. The zero-order valence-electron chi connectivity index (χ0n) is 39.3. The number of carboxylic acids is 2. The lowest BCUT2D eigenvalue weighted by Gasteiger charge is -2.28. The third-order valence-electron chi connectivity index (χ3n) is 10.7. The van der Waals surface area contributed by atoms with Gasteiger partial charge in [-0.1, -0.05) is 27.7 Å². The number of hydrogen-bond donors (Lipinski definition) is 13. The van der Waals surface area contributed by atoms with Crippen molar-refractivity contribution < 1.29 is 67.7 Å². The molecule has 1 fully saturated rings. The third kappa shape index (κ3) is 20.7. The lowest BCUT2D eigenvalue weighted by molar-refractivity contribution is -0.143. The van der Waals surface area contributed by atoms with Crippen LogP contribution in [0.1, 0.15) is 98.1 Å². The summed E-state index contributed by atoms with van der Waals surface area (Å²) in [6.07, 6.45) is 1.05. The molecule has 0 aliphatic carbocycles. The topological polar surface area (TPSA) is 439 Å². The molecule has 1 saturated heterocycles. The van der Waals surface area contributed by atoms with Crippen molar-refractivity contribution >= 4 is 71.0 Å². The highest BCUT2D eigenvalue weighted by atomic mass is 16.4. The summed E-state index contributed by atoms with van der Waals surface area (Å²) in [5.41, 5.74) is 16.6. The molecule has 1 aliphatic rings. The molecular weight excluding hydrogens is 911 g/mol. The predicted molar refractivity (Wildman–Crippen MR) is 241 cm³/mol. The number of imidazole rings is 1. The number of likely N-dealkylation sites (tertiary alicyclic amines) is 1. The molecule has 0 saturated carbocycles. The molecule has 0 spiro atoms. The minimum Gasteiger partial charge on any atom is -0.481 e. The van der Waals surface area contributed by atoms with Gasteiger partial charge in [-0.25, -0.2) is 9.78 Å². The van der Waals surface area contributed by atoms with Crippen molar-refractivity contribution in [2.75, 3.05) is 13.1 Å². The Bertz CT molecular complexity index is 2010. The summed E-state index contributed by atoms with van der Waals surface area (Å²) < 4.78 is 0. The van der Waals surface area contributed by atoms with Crippen LogP contribution in [0.15, 0.2) is 12.5 Å². The number of aromatic amines is 1. The molecule has 1 aromatic heterocycles. The Labute approximate surface area is 397 Å². The molecular formula is C42H67N13O14. The van der Waals surface area contributed by atoms with Crippen molar-refractivity contribution in [3.63, 3.8) is 0 Å². The van der Waals surface area contributed by atoms with Crippen LogP contribution < -0.4 is 54.4 Å². The second-order valence-electron chi connectivity index (χ2n) is 17.6. The SMILES string of the molecule is CC(C)C[C@H](NC(=O)[C@H](CC(C)C)NC(=O)[C@H](Cc1cnc[nH]1)NC(=O)[C@@H]1CCCN1C(=O)CNC(=O)[C@H](CC(N)=O)NC(=O)[C@H](CCC(=O)O)NC(=O)[C@H](C)NC(=O)[C@@H](N)CCC(N)=O)C(=O)O. The van der Waals surface area contributed by atoms with E-state index in [1.165, 1.54) is 19.4 Å². The van der Waals surface area contributed by atoms with Gasteiger partial charge in [0.25, 0.3) is 0 Å². The molecule has 2 heterocycles. The third-order valence-corrected chi connectivity index (χ3v) is 10.7. The maximum atomic E-state index is 13.9. The number of rotatable bonds is 30. The van der Waals surface area contributed by atoms with Gasteiger partial charge in [-0.15, -0.1) is 0 Å². The maximum Gasteiger partial charge on any atom is 0.326 e. The van der Waals surface area contributed by atoms with Gasteiger partial charge in [-0.3, -0.25) is 52.7 Å². The van der Waals surface area contributed by atoms with Gasteiger partial charge in [0.2, 0.25) is 59.1 Å². The molecule has 0 bridgehead atoms. The number of carboxylic acid groups (broad SMARTS) is 2. The number of primary amides is 2. The molecule has 0 aromatic carbocycles. The number of carbonyl (C=O) groups excluding carboxylic acids is 10. The van der Waals surface area contributed by atoms with Crippen molar-refractivity contribution in [1.82, 2.24) is 52.1 Å². The van der Waals surface area contributed by atoms with Crippen LogP contribution in [0, 0.1) is 11.8 Å². The van der Waals surface area contributed by atoms with Crippen LogP contribution in [0.25, 0.3) is 0 Å². The average molecular weight is 978 g/mol. The lowest BCUT2D eigenvalue weighted by Crippen LogP contribution is -2.59. The van der Waals surface area contributed by atoms with Gasteiger partial charge in [0.1, 0.15) is 42.3 Å². The van der Waals surface area contributed by atoms with Crippen LogP contribution in [-0.4, -0.2) is 158 Å². The van der Waals surface area contributed by atoms with E-state index in [1.54, 1.807) is 27.7 Å². The van der Waals surface area contributed by atoms with Crippen molar-refractivity contribution in [1.29, 1.82) is 0 Å². The van der Waals surface area contributed by atoms with Crippen molar-refractivity contribution in [2.45, 2.75) is 147 Å². The summed E-state index contributed by atoms with van der Waals surface area (Å²) in [6, 6.07) is -10.8. The second-order valence-corrected chi connectivity index (χ2v) is 17.6. The van der Waals surface area contributed by atoms with Gasteiger partial charge >= 0.3 is 11.9 Å². The Morgan fingerprint density at radius 2 is 1.28 bits per heavy atom. The number of carbonyl (C=O) groups is 12. The zero-order valence-corrected chi connectivity index (χ0v) is 39.3. The highest BCUT2D eigenvalue weighted by Gasteiger charge is 2.38. The number of aromatic nitrogens is 2. The van der Waals surface area contributed by atoms with Crippen LogP contribution in [0.3, 0.4) is 0 Å². The number of aliphatic carboxylic acids is 2. The zero-order chi connectivity index (χ0) is 52.1. The first-order chi connectivity index (χ1) is 32.3. The maximum absolute atomic E-state index is 13.9. The molecule has 16 N–H and O–H groups in total. The number of nitrogens with two attached hydrogens (primary N) is 3. The fourth-order valence-corrected chi connectivity index (χ4v) is 7.09. The second kappa shape index (κ2) is 28.2. The van der Waals surface area contributed by atoms with Gasteiger partial charge < -0.3 is 74.5 Å². The van der Waals surface area contributed by atoms with E-state index in [0.29, 0.717) is 12.1 Å². The highest BCUT2D eigenvalue weighted by molar-refractivity contribution is 5.98. The van der Waals surface area contributed by atoms with E-state index in [2.05, 4.69) is 47.2 Å². The van der Waals surface area contributed by atoms with Crippen LogP contribution >= 0.6 is 0 Å².